The molecule has 0 fully saturated rings. The molecule has 4 rings (SSSR count). The fourth-order valence-corrected chi connectivity index (χ4v) is 4.79. The highest BCUT2D eigenvalue weighted by atomic mass is 16.5. The van der Waals surface area contributed by atoms with Gasteiger partial charge >= 0.3 is 0 Å². The maximum Gasteiger partial charge on any atom is 0.142 e. The van der Waals surface area contributed by atoms with Crippen molar-refractivity contribution in [2.75, 3.05) is 26.6 Å². The first kappa shape index (κ1) is 22.2. The van der Waals surface area contributed by atoms with Crippen LogP contribution in [0.4, 0.5) is 0 Å². The molecule has 168 valence electrons. The van der Waals surface area contributed by atoms with Gasteiger partial charge in [0.1, 0.15) is 25.0 Å². The molecule has 2 aliphatic heterocycles. The van der Waals surface area contributed by atoms with Crippen LogP contribution in [0, 0.1) is 13.8 Å². The Hall–Kier alpha value is -2.04. The maximum atomic E-state index is 6.24. The van der Waals surface area contributed by atoms with Gasteiger partial charge in [-0.2, -0.15) is 0 Å². The first-order valence-corrected chi connectivity index (χ1v) is 11.8. The number of rotatable bonds is 6. The van der Waals surface area contributed by atoms with Crippen LogP contribution in [0.25, 0.3) is 0 Å². The van der Waals surface area contributed by atoms with E-state index in [-0.39, 0.29) is 0 Å². The molecule has 0 N–H and O–H groups in total. The van der Waals surface area contributed by atoms with Crippen LogP contribution >= 0.6 is 0 Å². The molecule has 0 atom stereocenters. The minimum absolute atomic E-state index is 0.488. The van der Waals surface area contributed by atoms with E-state index in [4.69, 9.17) is 9.47 Å². The zero-order valence-corrected chi connectivity index (χ0v) is 20.1. The van der Waals surface area contributed by atoms with E-state index in [1.807, 2.05) is 0 Å². The molecule has 0 saturated heterocycles. The molecule has 2 heterocycles. The van der Waals surface area contributed by atoms with Crippen LogP contribution in [0.2, 0.25) is 0 Å². The molecular weight excluding hydrogens is 384 g/mol. The molecule has 2 aliphatic rings. The predicted molar refractivity (Wildman–Crippen MR) is 127 cm³/mol. The SMILES string of the molecule is Cc1ccc(C(C)C)c2c1CN(CCCN1COc3c(C(C)C)ccc(C)c3C1)CO2. The van der Waals surface area contributed by atoms with Crippen LogP contribution in [0.1, 0.15) is 79.3 Å². The highest BCUT2D eigenvalue weighted by molar-refractivity contribution is 5.49. The third-order valence-electron chi connectivity index (χ3n) is 6.79. The van der Waals surface area contributed by atoms with Gasteiger partial charge in [-0.25, -0.2) is 0 Å². The first-order chi connectivity index (χ1) is 14.8. The number of hydrogen-bond donors (Lipinski definition) is 0. The lowest BCUT2D eigenvalue weighted by Gasteiger charge is -2.34. The van der Waals surface area contributed by atoms with Crippen molar-refractivity contribution in [2.45, 2.75) is 72.9 Å². The van der Waals surface area contributed by atoms with E-state index >= 15 is 0 Å². The normalized spacial score (nSPS) is 16.8. The molecule has 4 heteroatoms. The molecule has 31 heavy (non-hydrogen) atoms. The van der Waals surface area contributed by atoms with Crippen molar-refractivity contribution in [1.29, 1.82) is 0 Å². The topological polar surface area (TPSA) is 24.9 Å². The highest BCUT2D eigenvalue weighted by Crippen LogP contribution is 2.37. The van der Waals surface area contributed by atoms with Gasteiger partial charge in [-0.3, -0.25) is 9.80 Å². The zero-order valence-electron chi connectivity index (χ0n) is 20.1. The number of hydrogen-bond acceptors (Lipinski definition) is 4. The highest BCUT2D eigenvalue weighted by Gasteiger charge is 2.25. The van der Waals surface area contributed by atoms with Crippen molar-refractivity contribution in [3.63, 3.8) is 0 Å². The quantitative estimate of drug-likeness (QED) is 0.575. The summed E-state index contributed by atoms with van der Waals surface area (Å²) < 4.78 is 12.5. The van der Waals surface area contributed by atoms with Crippen LogP contribution < -0.4 is 9.47 Å². The van der Waals surface area contributed by atoms with Gasteiger partial charge in [-0.15, -0.1) is 0 Å². The Labute approximate surface area is 188 Å². The van der Waals surface area contributed by atoms with Crippen LogP contribution in [0.3, 0.4) is 0 Å². The molecular formula is C27H38N2O2. The second-order valence-electron chi connectivity index (χ2n) is 9.87. The minimum atomic E-state index is 0.488. The summed E-state index contributed by atoms with van der Waals surface area (Å²) in [6.07, 6.45) is 1.11. The van der Waals surface area contributed by atoms with Crippen LogP contribution in [0.5, 0.6) is 11.5 Å². The molecule has 2 aromatic carbocycles. The fraction of sp³-hybridized carbons (Fsp3) is 0.556. The lowest BCUT2D eigenvalue weighted by Crippen LogP contribution is -2.37. The van der Waals surface area contributed by atoms with Gasteiger partial charge in [0.15, 0.2) is 0 Å². The van der Waals surface area contributed by atoms with E-state index in [2.05, 4.69) is 75.6 Å². The van der Waals surface area contributed by atoms with E-state index in [0.29, 0.717) is 25.3 Å². The van der Waals surface area contributed by atoms with Crippen LogP contribution in [0.15, 0.2) is 24.3 Å². The summed E-state index contributed by atoms with van der Waals surface area (Å²) in [7, 11) is 0. The predicted octanol–water partition coefficient (Wildman–Crippen LogP) is 5.94. The van der Waals surface area contributed by atoms with Crippen molar-refractivity contribution >= 4 is 0 Å². The smallest absolute Gasteiger partial charge is 0.142 e. The van der Waals surface area contributed by atoms with Crippen LogP contribution in [-0.2, 0) is 13.1 Å². The average Bonchev–Trinajstić information content (AvgIpc) is 2.74. The summed E-state index contributed by atoms with van der Waals surface area (Å²) in [6, 6.07) is 8.96. The second kappa shape index (κ2) is 9.22. The van der Waals surface area contributed by atoms with Gasteiger partial charge in [-0.1, -0.05) is 52.0 Å². The van der Waals surface area contributed by atoms with Crippen molar-refractivity contribution < 1.29 is 9.47 Å². The van der Waals surface area contributed by atoms with E-state index < -0.39 is 0 Å². The van der Waals surface area contributed by atoms with Crippen molar-refractivity contribution in [3.05, 3.63) is 57.6 Å². The van der Waals surface area contributed by atoms with Gasteiger partial charge in [0.25, 0.3) is 0 Å². The molecule has 0 bridgehead atoms. The molecule has 4 nitrogen and oxygen atoms in total. The molecule has 0 amide bonds. The molecule has 2 aromatic rings. The van der Waals surface area contributed by atoms with Gasteiger partial charge in [0, 0.05) is 37.3 Å². The Kier molecular flexibility index (Phi) is 6.59. The van der Waals surface area contributed by atoms with Crippen molar-refractivity contribution in [3.8, 4) is 11.5 Å². The molecule has 0 spiro atoms. The summed E-state index contributed by atoms with van der Waals surface area (Å²) in [5.41, 5.74) is 8.07. The minimum Gasteiger partial charge on any atom is -0.477 e. The Morgan fingerprint density at radius 3 is 1.52 bits per heavy atom. The van der Waals surface area contributed by atoms with Crippen molar-refractivity contribution in [2.24, 2.45) is 0 Å². The monoisotopic (exact) mass is 422 g/mol. The summed E-state index contributed by atoms with van der Waals surface area (Å²) in [4.78, 5) is 4.86. The number of benzene rings is 2. The number of nitrogens with zero attached hydrogens (tertiary/aromatic N) is 2. The second-order valence-corrected chi connectivity index (χ2v) is 9.87. The Balaban J connectivity index is 1.35. The Morgan fingerprint density at radius 2 is 1.13 bits per heavy atom. The summed E-state index contributed by atoms with van der Waals surface area (Å²) in [5, 5.41) is 0. The van der Waals surface area contributed by atoms with E-state index in [1.165, 1.54) is 33.4 Å². The fourth-order valence-electron chi connectivity index (χ4n) is 4.79. The third-order valence-corrected chi connectivity index (χ3v) is 6.79. The average molecular weight is 423 g/mol. The number of aryl methyl sites for hydroxylation is 2. The molecule has 0 aliphatic carbocycles. The van der Waals surface area contributed by atoms with E-state index in [9.17, 15) is 0 Å². The summed E-state index contributed by atoms with van der Waals surface area (Å²) in [5.74, 6) is 3.23. The standard InChI is InChI=1S/C27H38N2O2/c1-18(2)22-10-8-20(5)24-14-28(16-30-26(22)24)12-7-13-29-15-25-21(6)9-11-23(19(3)4)27(25)31-17-29/h8-11,18-19H,7,12-17H2,1-6H3. The molecule has 0 aromatic heterocycles. The first-order valence-electron chi connectivity index (χ1n) is 11.8. The summed E-state index contributed by atoms with van der Waals surface area (Å²) in [6.45, 7) is 18.8. The van der Waals surface area contributed by atoms with E-state index in [1.54, 1.807) is 0 Å². The lowest BCUT2D eigenvalue weighted by molar-refractivity contribution is 0.0691. The molecule has 0 saturated carbocycles. The largest absolute Gasteiger partial charge is 0.477 e. The maximum absolute atomic E-state index is 6.24. The van der Waals surface area contributed by atoms with E-state index in [0.717, 1.165) is 44.1 Å². The van der Waals surface area contributed by atoms with Crippen molar-refractivity contribution in [1.82, 2.24) is 9.80 Å². The van der Waals surface area contributed by atoms with Gasteiger partial charge in [0.2, 0.25) is 0 Å². The molecule has 0 unspecified atom stereocenters. The van der Waals surface area contributed by atoms with Crippen LogP contribution in [-0.4, -0.2) is 36.4 Å². The van der Waals surface area contributed by atoms with Gasteiger partial charge in [-0.05, 0) is 54.4 Å². The van der Waals surface area contributed by atoms with Gasteiger partial charge < -0.3 is 9.47 Å². The number of fused-ring (bicyclic) bond motifs is 2. The molecule has 0 radical (unpaired) electrons. The summed E-state index contributed by atoms with van der Waals surface area (Å²) >= 11 is 0. The Bertz CT molecular complexity index is 860. The Morgan fingerprint density at radius 1 is 0.710 bits per heavy atom. The number of ether oxygens (including phenoxy) is 2. The van der Waals surface area contributed by atoms with Gasteiger partial charge in [0.05, 0.1) is 0 Å². The zero-order chi connectivity index (χ0) is 22.1. The third kappa shape index (κ3) is 4.61. The lowest BCUT2D eigenvalue weighted by atomic mass is 9.95.